The Morgan fingerprint density at radius 2 is 0.900 bits per heavy atom. The first-order chi connectivity index (χ1) is 32.3. The van der Waals surface area contributed by atoms with Gasteiger partial charge >= 0.3 is 0 Å². The highest BCUT2D eigenvalue weighted by Crippen LogP contribution is 2.41. The number of hydrogen-bond donors (Lipinski definition) is 0. The van der Waals surface area contributed by atoms with Crippen LogP contribution in [0.15, 0.2) is 194 Å². The maximum Gasteiger partial charge on any atom is 0.0645 e. The third kappa shape index (κ3) is 4.50. The standard InChI is InChI=1S/C48H32N2/c1-4-13-33(14-5-1)34-23-27-39(28-24-34)49-44-21-11-10-19-41(44)42-31-36(25-29-45(42)49)37-26-30-46-43(32-37)48-40(35-15-6-2-7-16-35)20-12-22-47(48)50(46)38-17-8-3-9-18-38/h1-32H/i3D,8D,9D,10D,11D,12D,17D,18D,19D,20D,21D,22D,25D,26D,29D,30D,31D,32D. The third-order valence-corrected chi connectivity index (χ3v) is 8.76. The molecule has 2 aromatic heterocycles. The summed E-state index contributed by atoms with van der Waals surface area (Å²) in [5.41, 5.74) is -0.218. The van der Waals surface area contributed by atoms with Crippen molar-refractivity contribution in [1.29, 1.82) is 0 Å². The second-order valence-electron chi connectivity index (χ2n) is 11.6. The summed E-state index contributed by atoms with van der Waals surface area (Å²) in [6, 6.07) is 12.7. The SMILES string of the molecule is [2H]c1c([2H])c([2H])c(-n2c3c([2H])c([2H])c(-c4c([2H])c([2H])c5c(c4[2H])c4c([2H])c([2H])c([2H])c([2H])c4n5-c4ccc(-c5ccccc5)cc4)c([2H])c3c3c(-c4ccccc4)c([2H])c([2H])c([2H])c32)c([2H])c1[2H]. The highest BCUT2D eigenvalue weighted by molar-refractivity contribution is 6.17. The van der Waals surface area contributed by atoms with Crippen LogP contribution < -0.4 is 0 Å². The topological polar surface area (TPSA) is 9.86 Å². The summed E-state index contributed by atoms with van der Waals surface area (Å²) in [4.78, 5) is 0. The summed E-state index contributed by atoms with van der Waals surface area (Å²) >= 11 is 0. The largest absolute Gasteiger partial charge is 0.309 e. The molecule has 0 saturated heterocycles. The smallest absolute Gasteiger partial charge is 0.0645 e. The van der Waals surface area contributed by atoms with E-state index in [0.717, 1.165) is 15.7 Å². The minimum Gasteiger partial charge on any atom is -0.309 e. The molecule has 0 aliphatic heterocycles. The van der Waals surface area contributed by atoms with Gasteiger partial charge in [-0.25, -0.2) is 0 Å². The molecule has 2 heteroatoms. The maximum atomic E-state index is 10.0. The Morgan fingerprint density at radius 3 is 1.64 bits per heavy atom. The molecule has 0 spiro atoms. The highest BCUT2D eigenvalue weighted by Gasteiger charge is 2.18. The van der Waals surface area contributed by atoms with Crippen molar-refractivity contribution in [2.75, 3.05) is 0 Å². The molecular weight excluding hydrogens is 605 g/mol. The molecule has 0 unspecified atom stereocenters. The highest BCUT2D eigenvalue weighted by atomic mass is 15.0. The predicted octanol–water partition coefficient (Wildman–Crippen LogP) is 12.9. The Bertz CT molecular complexity index is 3830. The molecule has 50 heavy (non-hydrogen) atoms. The van der Waals surface area contributed by atoms with Crippen LogP contribution in [0, 0.1) is 0 Å². The van der Waals surface area contributed by atoms with E-state index in [0.29, 0.717) is 11.3 Å². The molecule has 0 aliphatic rings. The number of fused-ring (bicyclic) bond motifs is 6. The van der Waals surface area contributed by atoms with Gasteiger partial charge in [0, 0.05) is 32.9 Å². The van der Waals surface area contributed by atoms with Gasteiger partial charge < -0.3 is 9.13 Å². The fourth-order valence-electron chi connectivity index (χ4n) is 6.52. The van der Waals surface area contributed by atoms with Gasteiger partial charge in [-0.05, 0) is 93.9 Å². The van der Waals surface area contributed by atoms with E-state index in [1.807, 2.05) is 30.3 Å². The van der Waals surface area contributed by atoms with E-state index in [1.165, 1.54) is 4.57 Å². The van der Waals surface area contributed by atoms with Crippen LogP contribution in [0.3, 0.4) is 0 Å². The van der Waals surface area contributed by atoms with E-state index in [1.54, 1.807) is 54.6 Å². The minimum absolute atomic E-state index is 0.0273. The van der Waals surface area contributed by atoms with E-state index in [4.69, 9.17) is 13.7 Å². The lowest BCUT2D eigenvalue weighted by molar-refractivity contribution is 1.18. The Balaban J connectivity index is 1.40. The van der Waals surface area contributed by atoms with Gasteiger partial charge in [-0.15, -0.1) is 0 Å². The summed E-state index contributed by atoms with van der Waals surface area (Å²) in [5.74, 6) is 0. The lowest BCUT2D eigenvalue weighted by atomic mass is 9.97. The van der Waals surface area contributed by atoms with Gasteiger partial charge in [0.1, 0.15) is 0 Å². The summed E-state index contributed by atoms with van der Waals surface area (Å²) in [7, 11) is 0. The molecule has 2 heterocycles. The van der Waals surface area contributed by atoms with Gasteiger partial charge in [0.2, 0.25) is 0 Å². The Hall–Kier alpha value is -6.64. The van der Waals surface area contributed by atoms with Crippen LogP contribution in [-0.2, 0) is 0 Å². The monoisotopic (exact) mass is 654 g/mol. The molecule has 0 fully saturated rings. The van der Waals surface area contributed by atoms with Crippen molar-refractivity contribution < 1.29 is 24.7 Å². The number of hydrogen-bond acceptors (Lipinski definition) is 0. The van der Waals surface area contributed by atoms with E-state index < -0.39 is 131 Å². The fourth-order valence-corrected chi connectivity index (χ4v) is 6.52. The lowest BCUT2D eigenvalue weighted by Gasteiger charge is -2.10. The molecule has 0 radical (unpaired) electrons. The van der Waals surface area contributed by atoms with E-state index in [-0.39, 0.29) is 43.7 Å². The molecule has 10 aromatic rings. The second kappa shape index (κ2) is 11.5. The van der Waals surface area contributed by atoms with Crippen molar-refractivity contribution in [3.05, 3.63) is 194 Å². The number of para-hydroxylation sites is 2. The van der Waals surface area contributed by atoms with Crippen molar-refractivity contribution in [2.45, 2.75) is 0 Å². The van der Waals surface area contributed by atoms with Gasteiger partial charge in [-0.3, -0.25) is 0 Å². The zero-order chi connectivity index (χ0) is 48.7. The van der Waals surface area contributed by atoms with E-state index in [9.17, 15) is 11.0 Å². The predicted molar refractivity (Wildman–Crippen MR) is 211 cm³/mol. The molecule has 10 rings (SSSR count). The van der Waals surface area contributed by atoms with Crippen molar-refractivity contribution >= 4 is 43.6 Å². The molecule has 8 aromatic carbocycles. The Labute approximate surface area is 316 Å². The zero-order valence-corrected chi connectivity index (χ0v) is 26.0. The number of benzene rings is 8. The van der Waals surface area contributed by atoms with Gasteiger partial charge in [0.05, 0.1) is 46.7 Å². The van der Waals surface area contributed by atoms with Gasteiger partial charge in [0.15, 0.2) is 0 Å². The zero-order valence-electron chi connectivity index (χ0n) is 44.0. The van der Waals surface area contributed by atoms with Crippen LogP contribution in [0.4, 0.5) is 0 Å². The minimum atomic E-state index is -0.799. The first-order valence-electron chi connectivity index (χ1n) is 24.7. The molecule has 0 bridgehead atoms. The van der Waals surface area contributed by atoms with Crippen LogP contribution in [0.5, 0.6) is 0 Å². The Morgan fingerprint density at radius 1 is 0.340 bits per heavy atom. The van der Waals surface area contributed by atoms with Crippen LogP contribution in [0.1, 0.15) is 24.7 Å². The molecule has 0 aliphatic carbocycles. The molecule has 234 valence electrons. The molecule has 0 atom stereocenters. The maximum absolute atomic E-state index is 10.0. The van der Waals surface area contributed by atoms with Crippen LogP contribution in [0.2, 0.25) is 0 Å². The van der Waals surface area contributed by atoms with Gasteiger partial charge in [0.25, 0.3) is 0 Å². The molecule has 0 saturated carbocycles. The quantitative estimate of drug-likeness (QED) is 0.175. The van der Waals surface area contributed by atoms with Crippen LogP contribution in [-0.4, -0.2) is 9.13 Å². The van der Waals surface area contributed by atoms with E-state index in [2.05, 4.69) is 0 Å². The normalized spacial score (nSPS) is 16.6. The fraction of sp³-hybridized carbons (Fsp3) is 0. The lowest BCUT2D eigenvalue weighted by Crippen LogP contribution is -1.94. The third-order valence-electron chi connectivity index (χ3n) is 8.76. The van der Waals surface area contributed by atoms with Crippen molar-refractivity contribution in [3.8, 4) is 44.8 Å². The molecule has 0 amide bonds. The van der Waals surface area contributed by atoms with Crippen LogP contribution in [0.25, 0.3) is 88.4 Å². The second-order valence-corrected chi connectivity index (χ2v) is 11.6. The number of nitrogens with zero attached hydrogens (tertiary/aromatic N) is 2. The average Bonchev–Trinajstić information content (AvgIpc) is 3.89. The molecular formula is C48H32N2. The van der Waals surface area contributed by atoms with Gasteiger partial charge in [-0.1, -0.05) is 133 Å². The number of rotatable bonds is 5. The average molecular weight is 655 g/mol. The van der Waals surface area contributed by atoms with Crippen LogP contribution >= 0.6 is 0 Å². The summed E-state index contributed by atoms with van der Waals surface area (Å²) in [6.45, 7) is 0. The van der Waals surface area contributed by atoms with Gasteiger partial charge in [-0.2, -0.15) is 0 Å². The molecule has 0 N–H and O–H groups in total. The Kier molecular flexibility index (Phi) is 3.62. The van der Waals surface area contributed by atoms with Crippen molar-refractivity contribution in [3.63, 3.8) is 0 Å². The summed E-state index contributed by atoms with van der Waals surface area (Å²) in [6.07, 6.45) is 0. The number of aromatic nitrogens is 2. The first kappa shape index (κ1) is 15.7. The first-order valence-corrected chi connectivity index (χ1v) is 15.7. The van der Waals surface area contributed by atoms with E-state index >= 15 is 0 Å². The summed E-state index contributed by atoms with van der Waals surface area (Å²) in [5, 5.41) is -0.781. The molecule has 2 nitrogen and oxygen atoms in total. The van der Waals surface area contributed by atoms with Crippen molar-refractivity contribution in [1.82, 2.24) is 9.13 Å². The van der Waals surface area contributed by atoms with Crippen molar-refractivity contribution in [2.24, 2.45) is 0 Å². The summed E-state index contributed by atoms with van der Waals surface area (Å²) < 4.78 is 167.